The van der Waals surface area contributed by atoms with Crippen molar-refractivity contribution < 1.29 is 26.7 Å². The molecule has 0 N–H and O–H groups in total. The van der Waals surface area contributed by atoms with E-state index in [1.54, 1.807) is 18.2 Å². The minimum absolute atomic E-state index is 0.0220. The van der Waals surface area contributed by atoms with Crippen LogP contribution in [0.1, 0.15) is 17.8 Å². The molecule has 0 unspecified atom stereocenters. The summed E-state index contributed by atoms with van der Waals surface area (Å²) in [4.78, 5) is 0. The Morgan fingerprint density at radius 2 is 1.05 bits per heavy atom. The maximum Gasteiger partial charge on any atom is 0.146 e. The molecule has 2 aromatic heterocycles. The fourth-order valence-corrected chi connectivity index (χ4v) is 5.83. The molecule has 0 saturated heterocycles. The monoisotopic (exact) mass is 549 g/mol. The second kappa shape index (κ2) is 8.95. The van der Waals surface area contributed by atoms with E-state index >= 15 is 0 Å². The predicted octanol–water partition coefficient (Wildman–Crippen LogP) is 11.6. The van der Waals surface area contributed by atoms with Crippen LogP contribution in [0.4, 0.5) is 0 Å². The van der Waals surface area contributed by atoms with Gasteiger partial charge >= 0.3 is 0 Å². The zero-order valence-corrected chi connectivity index (χ0v) is 21.7. The standard InChI is InChI=1S/C40H24O2/c1-3-13-25(14-4-1)36-24-34-39-32(27-17-11-12-22-35(27)41-39)23-33(40(34)42-36)38-30-20-9-7-18-28(30)37(26-15-5-2-6-16-26)29-19-8-10-21-31(29)38/h1-24H/i2D,5D,6D,7D,8D,9D,10D,15D,16D,18D,19D,20D,21D. The van der Waals surface area contributed by atoms with Crippen molar-refractivity contribution in [1.82, 2.24) is 0 Å². The molecule has 0 bridgehead atoms. The SMILES string of the molecule is [2H]c1c([2H])c([2H])c(-c2c3c([2H])c([2H])c([2H])c([2H])c3c(-c3cc4c5ccccc5oc4c4cc(-c5ccccc5)oc34)c3c([2H])c([2H])c([2H])c([2H])c23)c([2H])c1[2H]. The molecule has 2 heterocycles. The summed E-state index contributed by atoms with van der Waals surface area (Å²) in [6, 6.07) is 11.3. The summed E-state index contributed by atoms with van der Waals surface area (Å²) in [6.45, 7) is 0. The van der Waals surface area contributed by atoms with Gasteiger partial charge in [-0.1, -0.05) is 127 Å². The lowest BCUT2D eigenvalue weighted by Crippen LogP contribution is -1.91. The third kappa shape index (κ3) is 3.33. The van der Waals surface area contributed by atoms with Gasteiger partial charge in [0.25, 0.3) is 0 Å². The van der Waals surface area contributed by atoms with E-state index in [9.17, 15) is 5.48 Å². The van der Waals surface area contributed by atoms with Crippen LogP contribution in [-0.2, 0) is 0 Å². The highest BCUT2D eigenvalue weighted by atomic mass is 16.3. The molecule has 7 aromatic carbocycles. The quantitative estimate of drug-likeness (QED) is 0.205. The molecular formula is C40H24O2. The highest BCUT2D eigenvalue weighted by Crippen LogP contribution is 2.48. The van der Waals surface area contributed by atoms with Crippen molar-refractivity contribution in [2.75, 3.05) is 0 Å². The number of hydrogen-bond acceptors (Lipinski definition) is 2. The van der Waals surface area contributed by atoms with E-state index in [-0.39, 0.29) is 43.8 Å². The van der Waals surface area contributed by atoms with E-state index in [0.717, 1.165) is 0 Å². The molecule has 0 aliphatic carbocycles. The minimum atomic E-state index is -0.730. The third-order valence-corrected chi connectivity index (χ3v) is 7.60. The van der Waals surface area contributed by atoms with Gasteiger partial charge in [-0.2, -0.15) is 0 Å². The molecule has 0 atom stereocenters. The van der Waals surface area contributed by atoms with Crippen molar-refractivity contribution in [2.45, 2.75) is 0 Å². The van der Waals surface area contributed by atoms with Gasteiger partial charge < -0.3 is 8.83 Å². The summed E-state index contributed by atoms with van der Waals surface area (Å²) in [5.74, 6) is 0.429. The predicted molar refractivity (Wildman–Crippen MR) is 175 cm³/mol. The lowest BCUT2D eigenvalue weighted by Gasteiger charge is -2.18. The Morgan fingerprint density at radius 1 is 0.429 bits per heavy atom. The summed E-state index contributed by atoms with van der Waals surface area (Å²) in [5, 5.41) is 0.801. The lowest BCUT2D eigenvalue weighted by molar-refractivity contribution is 0.632. The van der Waals surface area contributed by atoms with E-state index in [1.165, 1.54) is 0 Å². The average Bonchev–Trinajstić information content (AvgIpc) is 3.81. The number of benzene rings is 7. The highest BCUT2D eigenvalue weighted by Gasteiger charge is 2.23. The number of rotatable bonds is 3. The van der Waals surface area contributed by atoms with E-state index in [0.29, 0.717) is 38.6 Å². The smallest absolute Gasteiger partial charge is 0.146 e. The van der Waals surface area contributed by atoms with E-state index in [2.05, 4.69) is 0 Å². The van der Waals surface area contributed by atoms with Gasteiger partial charge in [0.15, 0.2) is 0 Å². The van der Waals surface area contributed by atoms with Crippen LogP contribution >= 0.6 is 0 Å². The second-order valence-electron chi connectivity index (χ2n) is 9.87. The van der Waals surface area contributed by atoms with Gasteiger partial charge in [-0.15, -0.1) is 0 Å². The second-order valence-corrected chi connectivity index (χ2v) is 9.87. The topological polar surface area (TPSA) is 26.3 Å². The van der Waals surface area contributed by atoms with Gasteiger partial charge in [0.1, 0.15) is 22.5 Å². The summed E-state index contributed by atoms with van der Waals surface area (Å²) in [6.07, 6.45) is 0. The molecule has 42 heavy (non-hydrogen) atoms. The zero-order valence-electron chi connectivity index (χ0n) is 34.7. The van der Waals surface area contributed by atoms with Gasteiger partial charge in [0.05, 0.1) is 23.2 Å². The van der Waals surface area contributed by atoms with E-state index < -0.39 is 84.1 Å². The Kier molecular flexibility index (Phi) is 2.95. The summed E-state index contributed by atoms with van der Waals surface area (Å²) < 4.78 is 128. The Hall–Kier alpha value is -5.60. The Morgan fingerprint density at radius 3 is 1.76 bits per heavy atom. The van der Waals surface area contributed by atoms with Gasteiger partial charge in [-0.25, -0.2) is 0 Å². The molecule has 0 aliphatic rings. The molecule has 9 rings (SSSR count). The number of hydrogen-bond donors (Lipinski definition) is 0. The van der Waals surface area contributed by atoms with Crippen molar-refractivity contribution in [3.63, 3.8) is 0 Å². The molecule has 2 nitrogen and oxygen atoms in total. The zero-order chi connectivity index (χ0) is 38.9. The molecule has 2 heteroatoms. The molecule has 0 radical (unpaired) electrons. The molecule has 0 saturated carbocycles. The first kappa shape index (κ1) is 13.8. The largest absolute Gasteiger partial charge is 0.455 e. The lowest BCUT2D eigenvalue weighted by atomic mass is 9.85. The maximum absolute atomic E-state index is 9.38. The molecule has 0 amide bonds. The molecular weight excluding hydrogens is 512 g/mol. The van der Waals surface area contributed by atoms with Crippen LogP contribution in [-0.4, -0.2) is 0 Å². The first-order valence-corrected chi connectivity index (χ1v) is 13.2. The Bertz CT molecular complexity index is 3070. The van der Waals surface area contributed by atoms with Crippen LogP contribution in [0.15, 0.2) is 154 Å². The summed E-state index contributed by atoms with van der Waals surface area (Å²) in [5.41, 5.74) is 1.29. The molecule has 196 valence electrons. The van der Waals surface area contributed by atoms with Crippen molar-refractivity contribution in [1.29, 1.82) is 0 Å². The van der Waals surface area contributed by atoms with Gasteiger partial charge in [0.2, 0.25) is 0 Å². The van der Waals surface area contributed by atoms with Gasteiger partial charge in [-0.05, 0) is 50.9 Å². The maximum atomic E-state index is 9.38. The first-order valence-electron chi connectivity index (χ1n) is 19.7. The Balaban J connectivity index is 1.63. The highest BCUT2D eigenvalue weighted by molar-refractivity contribution is 6.26. The van der Waals surface area contributed by atoms with E-state index in [1.807, 2.05) is 48.5 Å². The van der Waals surface area contributed by atoms with Gasteiger partial charge in [-0.3, -0.25) is 0 Å². The molecule has 0 aliphatic heterocycles. The number of fused-ring (bicyclic) bond motifs is 7. The van der Waals surface area contributed by atoms with E-state index in [4.69, 9.17) is 21.2 Å². The van der Waals surface area contributed by atoms with Crippen LogP contribution in [0.2, 0.25) is 0 Å². The fourth-order valence-electron chi connectivity index (χ4n) is 5.83. The summed E-state index contributed by atoms with van der Waals surface area (Å²) >= 11 is 0. The van der Waals surface area contributed by atoms with Crippen molar-refractivity contribution in [3.05, 3.63) is 145 Å². The number of furan rings is 2. The Labute approximate surface area is 260 Å². The normalized spacial score (nSPS) is 16.1. The first-order chi connectivity index (χ1) is 26.2. The van der Waals surface area contributed by atoms with Crippen LogP contribution in [0.3, 0.4) is 0 Å². The number of para-hydroxylation sites is 1. The fraction of sp³-hybridized carbons (Fsp3) is 0. The molecule has 9 aromatic rings. The van der Waals surface area contributed by atoms with Gasteiger partial charge in [0, 0.05) is 27.5 Å². The summed E-state index contributed by atoms with van der Waals surface area (Å²) in [7, 11) is 0. The van der Waals surface area contributed by atoms with Crippen LogP contribution in [0.25, 0.3) is 88.0 Å². The molecule has 0 fully saturated rings. The van der Waals surface area contributed by atoms with Crippen LogP contribution < -0.4 is 0 Å². The van der Waals surface area contributed by atoms with Crippen LogP contribution in [0.5, 0.6) is 0 Å². The van der Waals surface area contributed by atoms with Crippen LogP contribution in [0, 0.1) is 0 Å². The minimum Gasteiger partial charge on any atom is -0.455 e. The third-order valence-electron chi connectivity index (χ3n) is 7.60. The van der Waals surface area contributed by atoms with Crippen molar-refractivity contribution in [3.8, 4) is 33.6 Å². The van der Waals surface area contributed by atoms with Crippen molar-refractivity contribution >= 4 is 54.5 Å². The average molecular weight is 550 g/mol. The molecule has 0 spiro atoms. The van der Waals surface area contributed by atoms with Crippen molar-refractivity contribution in [2.24, 2.45) is 0 Å².